The Morgan fingerprint density at radius 3 is 1.33 bits per heavy atom. The lowest BCUT2D eigenvalue weighted by molar-refractivity contribution is 0.218. The van der Waals surface area contributed by atoms with Gasteiger partial charge in [-0.05, 0) is 22.8 Å². The summed E-state index contributed by atoms with van der Waals surface area (Å²) < 4.78 is 47.4. The van der Waals surface area contributed by atoms with Gasteiger partial charge in [0.05, 0.1) is 0 Å². The van der Waals surface area contributed by atoms with Crippen LogP contribution in [0.25, 0.3) is 0 Å². The van der Waals surface area contributed by atoms with Crippen LogP contribution in [0.5, 0.6) is 0 Å². The van der Waals surface area contributed by atoms with E-state index in [2.05, 4.69) is 0 Å². The fourth-order valence-corrected chi connectivity index (χ4v) is 0.750. The van der Waals surface area contributed by atoms with Gasteiger partial charge in [-0.25, -0.2) is 0 Å². The van der Waals surface area contributed by atoms with Crippen molar-refractivity contribution in [1.29, 1.82) is 0 Å². The molecule has 0 saturated heterocycles. The molecule has 1 aromatic rings. The number of benzene rings is 1. The Morgan fingerprint density at radius 1 is 0.750 bits per heavy atom. The second-order valence-electron chi connectivity index (χ2n) is 1.95. The second-order valence-corrected chi connectivity index (χ2v) is 1.95. The molecule has 12 heavy (non-hydrogen) atoms. The quantitative estimate of drug-likeness (QED) is 0.510. The number of halogens is 4. The summed E-state index contributed by atoms with van der Waals surface area (Å²) in [6.07, 6.45) is 0. The Bertz CT molecular complexity index is 236. The summed E-state index contributed by atoms with van der Waals surface area (Å²) >= 11 is 0. The van der Waals surface area contributed by atoms with Crippen molar-refractivity contribution in [1.82, 2.24) is 0 Å². The molecular weight excluding hydrogens is 176 g/mol. The first-order valence-corrected chi connectivity index (χ1v) is 2.95. The summed E-state index contributed by atoms with van der Waals surface area (Å²) in [6.45, 7) is 0. The second kappa shape index (κ2) is 3.29. The number of rotatable bonds is 2. The third-order valence-corrected chi connectivity index (χ3v) is 1.25. The van der Waals surface area contributed by atoms with E-state index < -0.39 is 22.1 Å². The molecule has 1 rings (SSSR count). The highest BCUT2D eigenvalue weighted by Crippen LogP contribution is 2.30. The number of anilines is 2. The topological polar surface area (TPSA) is 6.48 Å². The molecule has 0 spiro atoms. The molecule has 0 bridgehead atoms. The molecule has 1 aromatic carbocycles. The smallest absolute Gasteiger partial charge is 0.0666 e. The molecule has 0 aliphatic carbocycles. The van der Waals surface area contributed by atoms with Gasteiger partial charge in [-0.1, -0.05) is 30.1 Å². The molecule has 0 heterocycles. The van der Waals surface area contributed by atoms with E-state index in [1.807, 2.05) is 0 Å². The minimum Gasteiger partial charge on any atom is -0.0666 e. The minimum atomic E-state index is -1.36. The van der Waals surface area contributed by atoms with Gasteiger partial charge in [-0.15, -0.1) is 0 Å². The van der Waals surface area contributed by atoms with Gasteiger partial charge in [0, 0.05) is 0 Å². The van der Waals surface area contributed by atoms with Crippen molar-refractivity contribution in [3.63, 3.8) is 0 Å². The molecule has 2 nitrogen and oxygen atoms in total. The van der Waals surface area contributed by atoms with Crippen LogP contribution in [-0.4, -0.2) is 0 Å². The molecule has 0 amide bonds. The molecule has 0 fully saturated rings. The van der Waals surface area contributed by atoms with Crippen molar-refractivity contribution in [2.24, 2.45) is 0 Å². The minimum absolute atomic E-state index is 0.831. The van der Waals surface area contributed by atoms with Crippen LogP contribution in [0.3, 0.4) is 0 Å². The van der Waals surface area contributed by atoms with Crippen molar-refractivity contribution in [3.05, 3.63) is 24.3 Å². The van der Waals surface area contributed by atoms with E-state index in [-0.39, 0.29) is 0 Å². The van der Waals surface area contributed by atoms with Gasteiger partial charge in [0.1, 0.15) is 11.4 Å². The molecule has 0 aromatic heterocycles. The molecule has 0 unspecified atom stereocenters. The average molecular weight is 180 g/mol. The summed E-state index contributed by atoms with van der Waals surface area (Å²) in [7, 11) is 0. The Balaban J connectivity index is 3.09. The molecule has 66 valence electrons. The highest BCUT2D eigenvalue weighted by Gasteiger charge is 2.14. The van der Waals surface area contributed by atoms with E-state index in [0.29, 0.717) is 0 Å². The fourth-order valence-electron chi connectivity index (χ4n) is 0.750. The lowest BCUT2D eigenvalue weighted by atomic mass is 10.3. The van der Waals surface area contributed by atoms with Gasteiger partial charge in [0.2, 0.25) is 0 Å². The largest absolute Gasteiger partial charge is 0.134 e. The monoisotopic (exact) mass is 180 g/mol. The van der Waals surface area contributed by atoms with Crippen LogP contribution in [-0.2, 0) is 0 Å². The number of nitrogens with zero attached hydrogens (tertiary/aromatic N) is 2. The van der Waals surface area contributed by atoms with Crippen LogP contribution in [0.4, 0.5) is 29.3 Å². The zero-order valence-electron chi connectivity index (χ0n) is 5.72. The summed E-state index contributed by atoms with van der Waals surface area (Å²) in [6, 6.07) is 4.27. The molecular formula is C6H4F4N2. The lowest BCUT2D eigenvalue weighted by Gasteiger charge is -2.08. The first kappa shape index (κ1) is 8.63. The van der Waals surface area contributed by atoms with Crippen LogP contribution in [0, 0.1) is 0 Å². The summed E-state index contributed by atoms with van der Waals surface area (Å²) in [5, 5.41) is -2.72. The number of para-hydroxylation sites is 2. The lowest BCUT2D eigenvalue weighted by Crippen LogP contribution is -2.03. The van der Waals surface area contributed by atoms with Gasteiger partial charge >= 0.3 is 0 Å². The summed E-state index contributed by atoms with van der Waals surface area (Å²) in [5.41, 5.74) is -1.66. The van der Waals surface area contributed by atoms with Gasteiger partial charge in [0.15, 0.2) is 0 Å². The zero-order valence-corrected chi connectivity index (χ0v) is 5.72. The standard InChI is InChI=1S/C6H4F4N2/c7-11(8)5-3-1-2-4-6(5)12(9)10/h1-4H. The van der Waals surface area contributed by atoms with Crippen molar-refractivity contribution in [2.45, 2.75) is 0 Å². The zero-order chi connectivity index (χ0) is 9.14. The van der Waals surface area contributed by atoms with E-state index >= 15 is 0 Å². The van der Waals surface area contributed by atoms with Crippen molar-refractivity contribution >= 4 is 11.4 Å². The molecule has 6 heteroatoms. The molecule has 0 radical (unpaired) electrons. The maximum Gasteiger partial charge on any atom is 0.134 e. The van der Waals surface area contributed by atoms with E-state index in [1.54, 1.807) is 0 Å². The van der Waals surface area contributed by atoms with Crippen LogP contribution < -0.4 is 10.7 Å². The third kappa shape index (κ3) is 1.58. The summed E-state index contributed by atoms with van der Waals surface area (Å²) in [5.74, 6) is 0. The highest BCUT2D eigenvalue weighted by molar-refractivity contribution is 5.66. The van der Waals surface area contributed by atoms with Gasteiger partial charge in [-0.3, -0.25) is 0 Å². The maximum absolute atomic E-state index is 11.9. The maximum atomic E-state index is 11.9. The van der Waals surface area contributed by atoms with E-state index in [1.165, 1.54) is 12.1 Å². The molecule has 0 N–H and O–H groups in total. The average Bonchev–Trinajstić information content (AvgIpc) is 2.04. The SMILES string of the molecule is FN(F)c1ccccc1N(F)F. The Morgan fingerprint density at radius 2 is 1.08 bits per heavy atom. The normalized spacial score (nSPS) is 9.67. The third-order valence-electron chi connectivity index (χ3n) is 1.25. The van der Waals surface area contributed by atoms with Crippen molar-refractivity contribution in [3.8, 4) is 0 Å². The van der Waals surface area contributed by atoms with E-state index in [4.69, 9.17) is 0 Å². The molecule has 0 aliphatic rings. The van der Waals surface area contributed by atoms with E-state index in [9.17, 15) is 17.9 Å². The predicted octanol–water partition coefficient (Wildman–Crippen LogP) is 2.84. The number of hydrogen-bond donors (Lipinski definition) is 0. The molecule has 0 atom stereocenters. The molecule has 0 saturated carbocycles. The van der Waals surface area contributed by atoms with Crippen molar-refractivity contribution < 1.29 is 17.9 Å². The van der Waals surface area contributed by atoms with Crippen LogP contribution >= 0.6 is 0 Å². The van der Waals surface area contributed by atoms with Gasteiger partial charge in [-0.2, -0.15) is 0 Å². The Kier molecular flexibility index (Phi) is 2.37. The predicted molar refractivity (Wildman–Crippen MR) is 35.8 cm³/mol. The van der Waals surface area contributed by atoms with E-state index in [0.717, 1.165) is 12.1 Å². The first-order chi connectivity index (χ1) is 5.63. The molecule has 0 aliphatic heterocycles. The van der Waals surface area contributed by atoms with Crippen LogP contribution in [0.15, 0.2) is 24.3 Å². The Labute approximate surface area is 65.4 Å². The summed E-state index contributed by atoms with van der Waals surface area (Å²) in [4.78, 5) is 0. The van der Waals surface area contributed by atoms with Gasteiger partial charge < -0.3 is 0 Å². The van der Waals surface area contributed by atoms with Crippen molar-refractivity contribution in [2.75, 3.05) is 10.7 Å². The highest BCUT2D eigenvalue weighted by atomic mass is 19.4. The first-order valence-electron chi connectivity index (χ1n) is 2.95. The van der Waals surface area contributed by atoms with Crippen LogP contribution in [0.1, 0.15) is 0 Å². The van der Waals surface area contributed by atoms with Gasteiger partial charge in [0.25, 0.3) is 0 Å². The number of hydrogen-bond acceptors (Lipinski definition) is 2. The Hall–Kier alpha value is -1.46. The van der Waals surface area contributed by atoms with Crippen LogP contribution in [0.2, 0.25) is 0 Å². The fraction of sp³-hybridized carbons (Fsp3) is 0.